The molecule has 2 fully saturated rings. The zero-order chi connectivity index (χ0) is 16.2. The Morgan fingerprint density at radius 1 is 1.17 bits per heavy atom. The van der Waals surface area contributed by atoms with E-state index < -0.39 is 0 Å². The Morgan fingerprint density at radius 2 is 1.87 bits per heavy atom. The smallest absolute Gasteiger partial charge is 0.223 e. The second-order valence-corrected chi connectivity index (χ2v) is 6.58. The third kappa shape index (κ3) is 4.38. The van der Waals surface area contributed by atoms with Crippen LogP contribution in [0.5, 0.6) is 11.5 Å². The Kier molecular flexibility index (Phi) is 5.06. The van der Waals surface area contributed by atoms with Crippen molar-refractivity contribution in [2.45, 2.75) is 38.3 Å². The summed E-state index contributed by atoms with van der Waals surface area (Å²) in [6, 6.07) is 6.27. The van der Waals surface area contributed by atoms with E-state index in [2.05, 4.69) is 22.3 Å². The number of nitrogens with one attached hydrogen (secondary N) is 1. The largest absolute Gasteiger partial charge is 0.497 e. The van der Waals surface area contributed by atoms with Gasteiger partial charge in [-0.2, -0.15) is 0 Å². The summed E-state index contributed by atoms with van der Waals surface area (Å²) in [6.07, 6.45) is 4.32. The van der Waals surface area contributed by atoms with E-state index in [0.717, 1.165) is 56.8 Å². The molecular weight excluding hydrogens is 292 g/mol. The molecule has 5 heteroatoms. The van der Waals surface area contributed by atoms with E-state index in [0.29, 0.717) is 0 Å². The van der Waals surface area contributed by atoms with Crippen LogP contribution in [0.15, 0.2) is 18.2 Å². The minimum absolute atomic E-state index is 0.250. The van der Waals surface area contributed by atoms with Gasteiger partial charge in [0.05, 0.1) is 14.2 Å². The van der Waals surface area contributed by atoms with E-state index in [1.807, 2.05) is 6.07 Å². The van der Waals surface area contributed by atoms with Gasteiger partial charge in [-0.05, 0) is 49.9 Å². The van der Waals surface area contributed by atoms with E-state index in [-0.39, 0.29) is 17.9 Å². The molecule has 1 atom stereocenters. The highest BCUT2D eigenvalue weighted by Crippen LogP contribution is 2.29. The SMILES string of the molecule is COc1cc(CN2CCCC(NC(=O)C3CC3)C2)cc(OC)c1. The molecule has 1 N–H and O–H groups in total. The number of hydrogen-bond donors (Lipinski definition) is 1. The Morgan fingerprint density at radius 3 is 2.48 bits per heavy atom. The summed E-state index contributed by atoms with van der Waals surface area (Å²) in [5, 5.41) is 3.21. The monoisotopic (exact) mass is 318 g/mol. The molecule has 23 heavy (non-hydrogen) atoms. The molecule has 1 saturated carbocycles. The van der Waals surface area contributed by atoms with Crippen molar-refractivity contribution in [2.75, 3.05) is 27.3 Å². The lowest BCUT2D eigenvalue weighted by Gasteiger charge is -2.33. The van der Waals surface area contributed by atoms with Gasteiger partial charge in [-0.1, -0.05) is 0 Å². The molecule has 1 aromatic carbocycles. The Hall–Kier alpha value is -1.75. The summed E-state index contributed by atoms with van der Waals surface area (Å²) in [6.45, 7) is 2.83. The Labute approximate surface area is 137 Å². The minimum atomic E-state index is 0.250. The average molecular weight is 318 g/mol. The number of rotatable bonds is 6. The lowest BCUT2D eigenvalue weighted by Crippen LogP contribution is -2.47. The van der Waals surface area contributed by atoms with Crippen LogP contribution in [-0.2, 0) is 11.3 Å². The van der Waals surface area contributed by atoms with Crippen LogP contribution in [0.4, 0.5) is 0 Å². The quantitative estimate of drug-likeness (QED) is 0.873. The third-order valence-corrected chi connectivity index (χ3v) is 4.62. The van der Waals surface area contributed by atoms with Crippen molar-refractivity contribution < 1.29 is 14.3 Å². The van der Waals surface area contributed by atoms with Crippen molar-refractivity contribution in [2.24, 2.45) is 5.92 Å². The molecule has 1 amide bonds. The van der Waals surface area contributed by atoms with E-state index in [1.54, 1.807) is 14.2 Å². The maximum absolute atomic E-state index is 11.9. The van der Waals surface area contributed by atoms with Crippen LogP contribution in [0.25, 0.3) is 0 Å². The summed E-state index contributed by atoms with van der Waals surface area (Å²) >= 11 is 0. The van der Waals surface area contributed by atoms with Crippen LogP contribution >= 0.6 is 0 Å². The number of likely N-dealkylation sites (tertiary alicyclic amines) is 1. The van der Waals surface area contributed by atoms with Crippen LogP contribution in [0.1, 0.15) is 31.2 Å². The van der Waals surface area contributed by atoms with Gasteiger partial charge in [-0.25, -0.2) is 0 Å². The zero-order valence-corrected chi connectivity index (χ0v) is 14.0. The molecule has 0 aromatic heterocycles. The molecule has 3 rings (SSSR count). The Bertz CT molecular complexity index is 535. The predicted molar refractivity (Wildman–Crippen MR) is 88.7 cm³/mol. The minimum Gasteiger partial charge on any atom is -0.497 e. The zero-order valence-electron chi connectivity index (χ0n) is 14.0. The second-order valence-electron chi connectivity index (χ2n) is 6.58. The van der Waals surface area contributed by atoms with Crippen molar-refractivity contribution in [1.82, 2.24) is 10.2 Å². The van der Waals surface area contributed by atoms with Gasteiger partial charge >= 0.3 is 0 Å². The number of hydrogen-bond acceptors (Lipinski definition) is 4. The molecule has 1 aliphatic heterocycles. The number of carbonyl (C=O) groups excluding carboxylic acids is 1. The van der Waals surface area contributed by atoms with Crippen molar-refractivity contribution in [3.63, 3.8) is 0 Å². The lowest BCUT2D eigenvalue weighted by molar-refractivity contribution is -0.123. The summed E-state index contributed by atoms with van der Waals surface area (Å²) in [5.41, 5.74) is 1.18. The van der Waals surface area contributed by atoms with E-state index >= 15 is 0 Å². The molecular formula is C18H26N2O3. The molecule has 1 unspecified atom stereocenters. The molecule has 2 aliphatic rings. The molecule has 5 nitrogen and oxygen atoms in total. The average Bonchev–Trinajstić information content (AvgIpc) is 3.39. The van der Waals surface area contributed by atoms with Crippen molar-refractivity contribution in [3.05, 3.63) is 23.8 Å². The lowest BCUT2D eigenvalue weighted by atomic mass is 10.0. The molecule has 126 valence electrons. The van der Waals surface area contributed by atoms with Gasteiger partial charge in [0.1, 0.15) is 11.5 Å². The van der Waals surface area contributed by atoms with Gasteiger partial charge in [0.25, 0.3) is 0 Å². The third-order valence-electron chi connectivity index (χ3n) is 4.62. The van der Waals surface area contributed by atoms with Crippen molar-refractivity contribution >= 4 is 5.91 Å². The number of ether oxygens (including phenoxy) is 2. The standard InChI is InChI=1S/C18H26N2O3/c1-22-16-8-13(9-17(10-16)23-2)11-20-7-3-4-15(12-20)19-18(21)14-5-6-14/h8-10,14-15H,3-7,11-12H2,1-2H3,(H,19,21). The molecule has 1 aliphatic carbocycles. The van der Waals surface area contributed by atoms with Gasteiger partial charge < -0.3 is 14.8 Å². The van der Waals surface area contributed by atoms with Crippen LogP contribution in [0.2, 0.25) is 0 Å². The van der Waals surface area contributed by atoms with Crippen LogP contribution in [0.3, 0.4) is 0 Å². The predicted octanol–water partition coefficient (Wildman–Crippen LogP) is 2.19. The van der Waals surface area contributed by atoms with Gasteiger partial charge in [-0.15, -0.1) is 0 Å². The highest BCUT2D eigenvalue weighted by atomic mass is 16.5. The fraction of sp³-hybridized carbons (Fsp3) is 0.611. The highest BCUT2D eigenvalue weighted by molar-refractivity contribution is 5.81. The summed E-state index contributed by atoms with van der Waals surface area (Å²) in [4.78, 5) is 14.3. The maximum Gasteiger partial charge on any atom is 0.223 e. The fourth-order valence-corrected chi connectivity index (χ4v) is 3.20. The number of carbonyl (C=O) groups is 1. The van der Waals surface area contributed by atoms with E-state index in [4.69, 9.17) is 9.47 Å². The van der Waals surface area contributed by atoms with Gasteiger partial charge in [0.15, 0.2) is 0 Å². The van der Waals surface area contributed by atoms with Crippen LogP contribution in [0, 0.1) is 5.92 Å². The molecule has 0 bridgehead atoms. The van der Waals surface area contributed by atoms with Crippen molar-refractivity contribution in [1.29, 1.82) is 0 Å². The van der Waals surface area contributed by atoms with E-state index in [9.17, 15) is 4.79 Å². The number of nitrogens with zero attached hydrogens (tertiary/aromatic N) is 1. The first-order valence-corrected chi connectivity index (χ1v) is 8.42. The number of amides is 1. The van der Waals surface area contributed by atoms with E-state index in [1.165, 1.54) is 5.56 Å². The summed E-state index contributed by atoms with van der Waals surface area (Å²) < 4.78 is 10.7. The topological polar surface area (TPSA) is 50.8 Å². The number of benzene rings is 1. The first-order valence-electron chi connectivity index (χ1n) is 8.42. The molecule has 0 spiro atoms. The van der Waals surface area contributed by atoms with Crippen LogP contribution in [-0.4, -0.2) is 44.2 Å². The Balaban J connectivity index is 1.59. The molecule has 0 radical (unpaired) electrons. The highest BCUT2D eigenvalue weighted by Gasteiger charge is 2.32. The molecule has 1 aromatic rings. The second kappa shape index (κ2) is 7.21. The summed E-state index contributed by atoms with van der Waals surface area (Å²) in [5.74, 6) is 2.16. The van der Waals surface area contributed by atoms with Gasteiger partial charge in [0, 0.05) is 31.1 Å². The van der Waals surface area contributed by atoms with Gasteiger partial charge in [-0.3, -0.25) is 9.69 Å². The molecule has 1 saturated heterocycles. The molecule has 1 heterocycles. The fourth-order valence-electron chi connectivity index (χ4n) is 3.20. The number of piperidine rings is 1. The van der Waals surface area contributed by atoms with Crippen LogP contribution < -0.4 is 14.8 Å². The first kappa shape index (κ1) is 16.1. The summed E-state index contributed by atoms with van der Waals surface area (Å²) in [7, 11) is 3.34. The maximum atomic E-state index is 11.9. The number of methoxy groups -OCH3 is 2. The van der Waals surface area contributed by atoms with Crippen molar-refractivity contribution in [3.8, 4) is 11.5 Å². The van der Waals surface area contributed by atoms with Gasteiger partial charge in [0.2, 0.25) is 5.91 Å². The first-order chi connectivity index (χ1) is 11.2. The normalized spacial score (nSPS) is 21.7.